The molecule has 0 aliphatic heterocycles. The zero-order valence-electron chi connectivity index (χ0n) is 22.1. The molecule has 1 aliphatic carbocycles. The molecular weight excluding hydrogens is 432 g/mol. The van der Waals surface area contributed by atoms with E-state index in [1.165, 1.54) is 11.3 Å². The third kappa shape index (κ3) is 5.75. The number of ether oxygens (including phenoxy) is 2. The number of methoxy groups -OCH3 is 1. The van der Waals surface area contributed by atoms with Crippen LogP contribution in [0.4, 0.5) is 0 Å². The van der Waals surface area contributed by atoms with Crippen LogP contribution in [0.5, 0.6) is 0 Å². The van der Waals surface area contributed by atoms with Gasteiger partial charge in [0.25, 0.3) is 0 Å². The summed E-state index contributed by atoms with van der Waals surface area (Å²) in [5.74, 6) is -0.173. The van der Waals surface area contributed by atoms with Gasteiger partial charge in [-0.1, -0.05) is 39.3 Å². The Morgan fingerprint density at radius 1 is 1.12 bits per heavy atom. The maximum absolute atomic E-state index is 13.5. The first kappa shape index (κ1) is 27.3. The highest BCUT2D eigenvalue weighted by atomic mass is 32.1. The standard InChI is InChI=1S/C28H40O4S/c1-16(2)22-19(6)28(10,13-12-20(29)21-14-18(5)15-33-21)25(31-11)23(17(3)4)24(22)26(30)32-27(7,8)9/h12-17,25H,1-11H3. The highest BCUT2D eigenvalue weighted by Gasteiger charge is 2.46. The van der Waals surface area contributed by atoms with Gasteiger partial charge in [0.1, 0.15) is 5.60 Å². The number of hydrogen-bond donors (Lipinski definition) is 0. The van der Waals surface area contributed by atoms with E-state index < -0.39 is 17.1 Å². The Morgan fingerprint density at radius 3 is 2.15 bits per heavy atom. The van der Waals surface area contributed by atoms with Crippen LogP contribution < -0.4 is 0 Å². The summed E-state index contributed by atoms with van der Waals surface area (Å²) in [4.78, 5) is 27.1. The Hall–Kier alpha value is -1.98. The Labute approximate surface area is 203 Å². The molecule has 0 radical (unpaired) electrons. The first-order valence-electron chi connectivity index (χ1n) is 11.6. The first-order chi connectivity index (χ1) is 15.1. The minimum absolute atomic E-state index is 0.0175. The molecule has 0 amide bonds. The number of ketones is 1. The van der Waals surface area contributed by atoms with Crippen molar-refractivity contribution >= 4 is 23.1 Å². The van der Waals surface area contributed by atoms with Crippen LogP contribution >= 0.6 is 11.3 Å². The lowest BCUT2D eigenvalue weighted by atomic mass is 9.63. The Morgan fingerprint density at radius 2 is 1.73 bits per heavy atom. The van der Waals surface area contributed by atoms with Crippen LogP contribution in [0.25, 0.3) is 0 Å². The van der Waals surface area contributed by atoms with Crippen molar-refractivity contribution < 1.29 is 19.1 Å². The summed E-state index contributed by atoms with van der Waals surface area (Å²) in [5, 5.41) is 1.98. The lowest BCUT2D eigenvalue weighted by molar-refractivity contribution is -0.150. The van der Waals surface area contributed by atoms with Gasteiger partial charge in [-0.2, -0.15) is 0 Å². The minimum Gasteiger partial charge on any atom is -0.456 e. The van der Waals surface area contributed by atoms with Crippen molar-refractivity contribution in [3.8, 4) is 0 Å². The molecule has 0 bridgehead atoms. The summed E-state index contributed by atoms with van der Waals surface area (Å²) >= 11 is 1.46. The van der Waals surface area contributed by atoms with E-state index in [4.69, 9.17) is 9.47 Å². The average molecular weight is 473 g/mol. The molecule has 2 atom stereocenters. The lowest BCUT2D eigenvalue weighted by Crippen LogP contribution is -2.43. The van der Waals surface area contributed by atoms with Crippen molar-refractivity contribution in [3.05, 3.63) is 56.3 Å². The second-order valence-electron chi connectivity index (χ2n) is 10.8. The van der Waals surface area contributed by atoms with Crippen molar-refractivity contribution in [2.24, 2.45) is 17.3 Å². The maximum atomic E-state index is 13.5. The van der Waals surface area contributed by atoms with Gasteiger partial charge in [-0.15, -0.1) is 11.3 Å². The summed E-state index contributed by atoms with van der Waals surface area (Å²) in [6.07, 6.45) is 3.23. The second kappa shape index (κ2) is 10.1. The Kier molecular flexibility index (Phi) is 8.35. The van der Waals surface area contributed by atoms with Gasteiger partial charge in [0.15, 0.2) is 5.78 Å². The number of hydrogen-bond acceptors (Lipinski definition) is 5. The molecule has 0 saturated carbocycles. The zero-order valence-corrected chi connectivity index (χ0v) is 22.9. The highest BCUT2D eigenvalue weighted by molar-refractivity contribution is 7.12. The topological polar surface area (TPSA) is 52.6 Å². The smallest absolute Gasteiger partial charge is 0.338 e. The number of rotatable bonds is 7. The van der Waals surface area contributed by atoms with Gasteiger partial charge in [-0.3, -0.25) is 4.79 Å². The van der Waals surface area contributed by atoms with Gasteiger partial charge >= 0.3 is 5.97 Å². The molecule has 2 unspecified atom stereocenters. The SMILES string of the molecule is COC1C(C(C)C)=C(C(=O)OC(C)(C)C)C(C(C)C)=C(C)C1(C)C=CC(=O)c1cc(C)cs1. The van der Waals surface area contributed by atoms with E-state index in [1.54, 1.807) is 13.2 Å². The van der Waals surface area contributed by atoms with Crippen LogP contribution in [0.1, 0.15) is 77.5 Å². The van der Waals surface area contributed by atoms with Crippen LogP contribution in [0.3, 0.4) is 0 Å². The van der Waals surface area contributed by atoms with Crippen LogP contribution in [-0.4, -0.2) is 30.6 Å². The van der Waals surface area contributed by atoms with E-state index in [0.717, 1.165) is 27.2 Å². The number of carbonyl (C=O) groups is 2. The normalized spacial score (nSPS) is 22.2. The fourth-order valence-electron chi connectivity index (χ4n) is 4.63. The number of esters is 1. The quantitative estimate of drug-likeness (QED) is 0.241. The summed E-state index contributed by atoms with van der Waals surface area (Å²) < 4.78 is 11.9. The van der Waals surface area contributed by atoms with Crippen molar-refractivity contribution in [2.45, 2.75) is 80.9 Å². The fraction of sp³-hybridized carbons (Fsp3) is 0.571. The van der Waals surface area contributed by atoms with Crippen molar-refractivity contribution in [3.63, 3.8) is 0 Å². The van der Waals surface area contributed by atoms with E-state index in [9.17, 15) is 9.59 Å². The molecule has 0 N–H and O–H groups in total. The molecule has 1 heterocycles. The molecule has 1 aliphatic rings. The largest absolute Gasteiger partial charge is 0.456 e. The first-order valence-corrected chi connectivity index (χ1v) is 12.5. The summed E-state index contributed by atoms with van der Waals surface area (Å²) in [7, 11) is 1.67. The third-order valence-electron chi connectivity index (χ3n) is 6.19. The van der Waals surface area contributed by atoms with Gasteiger partial charge in [0.2, 0.25) is 0 Å². The van der Waals surface area contributed by atoms with E-state index >= 15 is 0 Å². The van der Waals surface area contributed by atoms with E-state index in [-0.39, 0.29) is 23.6 Å². The predicted octanol–water partition coefficient (Wildman–Crippen LogP) is 7.10. The van der Waals surface area contributed by atoms with Crippen molar-refractivity contribution in [1.82, 2.24) is 0 Å². The van der Waals surface area contributed by atoms with Crippen LogP contribution in [0.2, 0.25) is 0 Å². The van der Waals surface area contributed by atoms with Crippen molar-refractivity contribution in [2.75, 3.05) is 7.11 Å². The molecule has 0 aromatic carbocycles. The summed E-state index contributed by atoms with van der Waals surface area (Å²) in [6, 6.07) is 1.91. The molecule has 0 saturated heterocycles. The van der Waals surface area contributed by atoms with Crippen LogP contribution in [0.15, 0.2) is 45.9 Å². The highest BCUT2D eigenvalue weighted by Crippen LogP contribution is 2.50. The molecule has 2 rings (SSSR count). The predicted molar refractivity (Wildman–Crippen MR) is 137 cm³/mol. The molecule has 182 valence electrons. The molecule has 0 spiro atoms. The zero-order chi connectivity index (χ0) is 25.3. The molecule has 5 heteroatoms. The molecule has 4 nitrogen and oxygen atoms in total. The molecule has 33 heavy (non-hydrogen) atoms. The van der Waals surface area contributed by atoms with Crippen LogP contribution in [0, 0.1) is 24.2 Å². The van der Waals surface area contributed by atoms with Gasteiger partial charge < -0.3 is 9.47 Å². The van der Waals surface area contributed by atoms with Gasteiger partial charge in [0.05, 0.1) is 16.6 Å². The average Bonchev–Trinajstić information content (AvgIpc) is 3.12. The number of thiophene rings is 1. The van der Waals surface area contributed by atoms with Gasteiger partial charge in [-0.25, -0.2) is 4.79 Å². The third-order valence-corrected chi connectivity index (χ3v) is 7.25. The Balaban J connectivity index is 2.71. The number of aryl methyl sites for hydroxylation is 1. The fourth-order valence-corrected chi connectivity index (χ4v) is 5.45. The van der Waals surface area contributed by atoms with Gasteiger partial charge in [0, 0.05) is 12.5 Å². The number of carbonyl (C=O) groups excluding carboxylic acids is 2. The second-order valence-corrected chi connectivity index (χ2v) is 11.7. The number of allylic oxidation sites excluding steroid dienone is 1. The maximum Gasteiger partial charge on any atom is 0.338 e. The van der Waals surface area contributed by atoms with Crippen molar-refractivity contribution in [1.29, 1.82) is 0 Å². The monoisotopic (exact) mass is 472 g/mol. The minimum atomic E-state index is -0.601. The molecular formula is C28H40O4S. The van der Waals surface area contributed by atoms with E-state index in [0.29, 0.717) is 5.57 Å². The molecule has 0 fully saturated rings. The molecule has 1 aromatic heterocycles. The molecule has 1 aromatic rings. The Bertz CT molecular complexity index is 997. The van der Waals surface area contributed by atoms with Gasteiger partial charge in [-0.05, 0) is 87.6 Å². The van der Waals surface area contributed by atoms with E-state index in [2.05, 4.69) is 34.6 Å². The van der Waals surface area contributed by atoms with E-state index in [1.807, 2.05) is 52.1 Å². The van der Waals surface area contributed by atoms with Crippen LogP contribution in [-0.2, 0) is 14.3 Å². The summed E-state index contributed by atoms with van der Waals surface area (Å²) in [5.41, 5.74) is 3.46. The summed E-state index contributed by atoms with van der Waals surface area (Å²) in [6.45, 7) is 20.1. The lowest BCUT2D eigenvalue weighted by Gasteiger charge is -2.45.